The van der Waals surface area contributed by atoms with Gasteiger partial charge in [-0.25, -0.2) is 9.48 Å². The lowest BCUT2D eigenvalue weighted by Gasteiger charge is -2.34. The van der Waals surface area contributed by atoms with Crippen LogP contribution in [0.3, 0.4) is 0 Å². The number of halogens is 1. The first-order valence-corrected chi connectivity index (χ1v) is 17.1. The Morgan fingerprint density at radius 3 is 2.54 bits per heavy atom. The number of urea groups is 1. The molecular weight excluding hydrogens is 645 g/mol. The third-order valence-corrected chi connectivity index (χ3v) is 10.5. The zero-order chi connectivity index (χ0) is 32.6. The van der Waals surface area contributed by atoms with E-state index in [1.54, 1.807) is 29.2 Å². The Kier molecular flexibility index (Phi) is 9.54. The van der Waals surface area contributed by atoms with E-state index in [-0.39, 0.29) is 23.0 Å². The van der Waals surface area contributed by atoms with E-state index in [0.29, 0.717) is 35.5 Å². The summed E-state index contributed by atoms with van der Waals surface area (Å²) in [6.45, 7) is -0.530. The highest BCUT2D eigenvalue weighted by molar-refractivity contribution is 7.53. The van der Waals surface area contributed by atoms with Crippen LogP contribution in [0.5, 0.6) is 0 Å². The Labute approximate surface area is 268 Å². The van der Waals surface area contributed by atoms with Crippen LogP contribution in [0, 0.1) is 0 Å². The Balaban J connectivity index is 1.18. The summed E-state index contributed by atoms with van der Waals surface area (Å²) >= 11 is 6.22. The minimum Gasteiger partial charge on any atom is -0.393 e. The number of nitrogens with zero attached hydrogens (tertiary/aromatic N) is 5. The van der Waals surface area contributed by atoms with E-state index in [0.717, 1.165) is 32.1 Å². The van der Waals surface area contributed by atoms with Crippen molar-refractivity contribution >= 4 is 47.8 Å². The van der Waals surface area contributed by atoms with Gasteiger partial charge in [-0.1, -0.05) is 25.0 Å². The summed E-state index contributed by atoms with van der Waals surface area (Å²) in [5, 5.41) is 40.6. The van der Waals surface area contributed by atoms with Crippen LogP contribution in [0.2, 0.25) is 5.28 Å². The molecule has 5 atom stereocenters. The fourth-order valence-electron chi connectivity index (χ4n) is 6.19. The number of aliphatic hydroxyl groups is 3. The summed E-state index contributed by atoms with van der Waals surface area (Å²) in [7, 11) is -5.13. The number of carbonyl (C=O) groups is 1. The SMILES string of the molecule is O=C1NCCCN1c1ccc(CC(CO)(OC[C@H]2O[C@@H](n3ncc4c(NC5CCCC5)nc(Cl)nc43)[C@H](O)[C@@H]2O)P(=O)(O)O)cc1. The first-order valence-electron chi connectivity index (χ1n) is 15.1. The molecule has 2 saturated heterocycles. The fraction of sp³-hybridized carbons (Fsp3) is 0.571. The molecule has 1 aliphatic carbocycles. The second-order valence-corrected chi connectivity index (χ2v) is 14.1. The van der Waals surface area contributed by atoms with E-state index in [1.165, 1.54) is 10.9 Å². The van der Waals surface area contributed by atoms with E-state index in [1.807, 2.05) is 0 Å². The highest BCUT2D eigenvalue weighted by Crippen LogP contribution is 2.53. The van der Waals surface area contributed by atoms with Crippen molar-refractivity contribution in [2.75, 3.05) is 36.5 Å². The van der Waals surface area contributed by atoms with Gasteiger partial charge in [0.1, 0.15) is 24.1 Å². The number of carbonyl (C=O) groups excluding carboxylic acids is 1. The maximum atomic E-state index is 12.7. The number of anilines is 2. The largest absolute Gasteiger partial charge is 0.393 e. The number of aliphatic hydroxyl groups excluding tert-OH is 3. The van der Waals surface area contributed by atoms with Gasteiger partial charge in [0.25, 0.3) is 0 Å². The van der Waals surface area contributed by atoms with Gasteiger partial charge in [0.15, 0.2) is 17.2 Å². The molecule has 4 heterocycles. The monoisotopic (exact) mass is 681 g/mol. The predicted molar refractivity (Wildman–Crippen MR) is 165 cm³/mol. The highest BCUT2D eigenvalue weighted by Gasteiger charge is 2.51. The molecule has 0 radical (unpaired) electrons. The molecule has 16 nitrogen and oxygen atoms in total. The zero-order valence-electron chi connectivity index (χ0n) is 24.8. The normalized spacial score (nSPS) is 25.6. The van der Waals surface area contributed by atoms with Crippen LogP contribution in [0.15, 0.2) is 30.5 Å². The van der Waals surface area contributed by atoms with Crippen LogP contribution >= 0.6 is 19.2 Å². The van der Waals surface area contributed by atoms with Crippen LogP contribution in [0.4, 0.5) is 16.3 Å². The van der Waals surface area contributed by atoms with E-state index >= 15 is 0 Å². The van der Waals surface area contributed by atoms with Gasteiger partial charge < -0.3 is 45.2 Å². The maximum absolute atomic E-state index is 12.7. The van der Waals surface area contributed by atoms with Crippen LogP contribution < -0.4 is 15.5 Å². The summed E-state index contributed by atoms with van der Waals surface area (Å²) in [5.41, 5.74) is 1.28. The van der Waals surface area contributed by atoms with Crippen molar-refractivity contribution in [2.24, 2.45) is 0 Å². The molecule has 2 aliphatic heterocycles. The lowest BCUT2D eigenvalue weighted by Crippen LogP contribution is -2.46. The van der Waals surface area contributed by atoms with Gasteiger partial charge in [0.2, 0.25) is 5.28 Å². The number of aromatic nitrogens is 4. The maximum Gasteiger partial charge on any atom is 0.359 e. The Bertz CT molecular complexity index is 1600. The first-order chi connectivity index (χ1) is 22.0. The average Bonchev–Trinajstić information content (AvgIpc) is 3.76. The number of ether oxygens (including phenoxy) is 2. The number of hydrogen-bond acceptors (Lipinski definition) is 11. The molecule has 1 unspecified atom stereocenters. The van der Waals surface area contributed by atoms with Crippen molar-refractivity contribution < 1.29 is 43.9 Å². The molecule has 1 aromatic carbocycles. The molecule has 18 heteroatoms. The smallest absolute Gasteiger partial charge is 0.359 e. The van der Waals surface area contributed by atoms with Gasteiger partial charge >= 0.3 is 13.6 Å². The van der Waals surface area contributed by atoms with Crippen molar-refractivity contribution in [3.05, 3.63) is 41.3 Å². The molecule has 7 N–H and O–H groups in total. The van der Waals surface area contributed by atoms with Crippen molar-refractivity contribution in [1.29, 1.82) is 0 Å². The number of amides is 2. The molecular formula is C28H37ClN7O9P. The minimum atomic E-state index is -5.13. The average molecular weight is 682 g/mol. The molecule has 250 valence electrons. The van der Waals surface area contributed by atoms with Crippen molar-refractivity contribution in [3.63, 3.8) is 0 Å². The second-order valence-electron chi connectivity index (χ2n) is 11.9. The number of benzene rings is 1. The third kappa shape index (κ3) is 6.46. The summed E-state index contributed by atoms with van der Waals surface area (Å²) in [6.07, 6.45) is 0.498. The molecule has 46 heavy (non-hydrogen) atoms. The third-order valence-electron chi connectivity index (χ3n) is 8.80. The van der Waals surface area contributed by atoms with Gasteiger partial charge in [-0.2, -0.15) is 15.1 Å². The minimum absolute atomic E-state index is 0.0516. The fourth-order valence-corrected chi connectivity index (χ4v) is 7.17. The standard InChI is InChI=1S/C28H37ClN7O9P/c29-26-33-23(32-17-4-1-2-5-17)19-13-31-36(24(19)34-26)25-22(39)21(38)20(45-25)14-44-28(15-37,46(41,42)43)12-16-6-8-18(9-7-16)35-11-3-10-30-27(35)40/h6-9,13,17,20-22,25,37-39H,1-5,10-12,14-15H2,(H,30,40)(H,32,33,34)(H2,41,42,43)/t20-,21-,22-,25-,28?/m1/s1. The number of fused-ring (bicyclic) bond motifs is 1. The van der Waals surface area contributed by atoms with Crippen LogP contribution in [0.1, 0.15) is 43.9 Å². The summed E-state index contributed by atoms with van der Waals surface area (Å²) in [5.74, 6) is 0.489. The lowest BCUT2D eigenvalue weighted by atomic mass is 10.1. The molecule has 6 rings (SSSR count). The molecule has 3 fully saturated rings. The van der Waals surface area contributed by atoms with Gasteiger partial charge in [-0.05, 0) is 48.6 Å². The quantitative estimate of drug-likeness (QED) is 0.113. The predicted octanol–water partition coefficient (Wildman–Crippen LogP) is 1.50. The van der Waals surface area contributed by atoms with Crippen molar-refractivity contribution in [3.8, 4) is 0 Å². The van der Waals surface area contributed by atoms with Gasteiger partial charge in [-0.15, -0.1) is 0 Å². The van der Waals surface area contributed by atoms with E-state index in [9.17, 15) is 34.5 Å². The summed E-state index contributed by atoms with van der Waals surface area (Å²) < 4.78 is 25.6. The Morgan fingerprint density at radius 1 is 1.13 bits per heavy atom. The molecule has 3 aliphatic rings. The van der Waals surface area contributed by atoms with E-state index < -0.39 is 57.1 Å². The first kappa shape index (κ1) is 33.0. The number of nitrogens with one attached hydrogen (secondary N) is 2. The van der Waals surface area contributed by atoms with Gasteiger partial charge in [0, 0.05) is 31.2 Å². The summed E-state index contributed by atoms with van der Waals surface area (Å²) in [6, 6.07) is 6.46. The van der Waals surface area contributed by atoms with Crippen molar-refractivity contribution in [2.45, 2.75) is 74.4 Å². The molecule has 3 aromatic rings. The Hall–Kier alpha value is -2.92. The van der Waals surface area contributed by atoms with Crippen LogP contribution in [-0.4, -0.2) is 107 Å². The van der Waals surface area contributed by atoms with Gasteiger partial charge in [-0.3, -0.25) is 9.46 Å². The number of rotatable bonds is 11. The Morgan fingerprint density at radius 2 is 1.87 bits per heavy atom. The number of hydrogen-bond donors (Lipinski definition) is 7. The van der Waals surface area contributed by atoms with E-state index in [4.69, 9.17) is 21.1 Å². The lowest BCUT2D eigenvalue weighted by molar-refractivity contribution is -0.109. The van der Waals surface area contributed by atoms with E-state index in [2.05, 4.69) is 25.7 Å². The molecule has 2 aromatic heterocycles. The topological polar surface area (TPSA) is 225 Å². The molecule has 2 amide bonds. The van der Waals surface area contributed by atoms with Crippen molar-refractivity contribution in [1.82, 2.24) is 25.1 Å². The molecule has 1 saturated carbocycles. The van der Waals surface area contributed by atoms with Crippen LogP contribution in [-0.2, 0) is 20.5 Å². The molecule has 0 bridgehead atoms. The zero-order valence-corrected chi connectivity index (χ0v) is 26.4. The van der Waals surface area contributed by atoms with Crippen LogP contribution in [0.25, 0.3) is 11.0 Å². The second kappa shape index (κ2) is 13.3. The van der Waals surface area contributed by atoms with Gasteiger partial charge in [0.05, 0.1) is 24.8 Å². The molecule has 0 spiro atoms. The highest BCUT2D eigenvalue weighted by atomic mass is 35.5. The summed E-state index contributed by atoms with van der Waals surface area (Å²) in [4.78, 5) is 43.0.